The maximum Gasteiger partial charge on any atom is 0.247 e. The zero-order valence-corrected chi connectivity index (χ0v) is 19.1. The number of carbonyl (C=O) groups excluding carboxylic acids is 2. The maximum absolute atomic E-state index is 13.1. The number of nitrogens with zero attached hydrogens (tertiary/aromatic N) is 5. The van der Waals surface area contributed by atoms with E-state index in [2.05, 4.69) is 20.7 Å². The summed E-state index contributed by atoms with van der Waals surface area (Å²) < 4.78 is 0. The third-order valence-electron chi connectivity index (χ3n) is 5.62. The summed E-state index contributed by atoms with van der Waals surface area (Å²) in [6.07, 6.45) is 5.53. The third kappa shape index (κ3) is 6.00. The quantitative estimate of drug-likeness (QED) is 0.567. The van der Waals surface area contributed by atoms with Crippen molar-refractivity contribution in [3.63, 3.8) is 0 Å². The van der Waals surface area contributed by atoms with E-state index in [1.165, 1.54) is 11.2 Å². The molecule has 1 N–H and O–H groups in total. The van der Waals surface area contributed by atoms with Gasteiger partial charge in [-0.3, -0.25) is 9.59 Å². The molecule has 2 heterocycles. The van der Waals surface area contributed by atoms with E-state index in [1.807, 2.05) is 48.7 Å². The second-order valence-corrected chi connectivity index (χ2v) is 9.27. The van der Waals surface area contributed by atoms with Gasteiger partial charge in [-0.15, -0.1) is 21.5 Å². The Kier molecular flexibility index (Phi) is 7.26. The smallest absolute Gasteiger partial charge is 0.247 e. The Morgan fingerprint density at radius 3 is 2.66 bits per heavy atom. The fourth-order valence-corrected chi connectivity index (χ4v) is 4.59. The van der Waals surface area contributed by atoms with Gasteiger partial charge in [-0.1, -0.05) is 55.2 Å². The van der Waals surface area contributed by atoms with Crippen molar-refractivity contribution in [2.45, 2.75) is 58.2 Å². The molecule has 1 aliphatic carbocycles. The van der Waals surface area contributed by atoms with Gasteiger partial charge in [0.2, 0.25) is 17.6 Å². The molecular formula is C23H28N6O2S. The number of aryl methyl sites for hydroxylation is 1. The molecule has 0 unspecified atom stereocenters. The lowest BCUT2D eigenvalue weighted by molar-refractivity contribution is -0.137. The highest BCUT2D eigenvalue weighted by Gasteiger charge is 2.22. The molecule has 0 aliphatic heterocycles. The van der Waals surface area contributed by atoms with Crippen LogP contribution in [0.15, 0.2) is 41.8 Å². The number of tetrazole rings is 1. The predicted molar refractivity (Wildman–Crippen MR) is 123 cm³/mol. The normalized spacial score (nSPS) is 14.3. The summed E-state index contributed by atoms with van der Waals surface area (Å²) >= 11 is 1.56. The number of carbonyl (C=O) groups is 2. The standard InChI is InChI=1S/C23H28N6O2S/c1-17-9-11-18(12-10-17)23-25-27-29(26-23)16-22(31)28(14-20-8-5-13-32-20)15-21(30)24-19-6-3-2-4-7-19/h5,8-13,19H,2-4,6-7,14-16H2,1H3,(H,24,30). The molecule has 8 nitrogen and oxygen atoms in total. The summed E-state index contributed by atoms with van der Waals surface area (Å²) in [5.74, 6) is 0.136. The Morgan fingerprint density at radius 1 is 1.16 bits per heavy atom. The third-order valence-corrected chi connectivity index (χ3v) is 6.48. The van der Waals surface area contributed by atoms with Crippen LogP contribution in [0.5, 0.6) is 0 Å². The Morgan fingerprint density at radius 2 is 1.94 bits per heavy atom. The SMILES string of the molecule is Cc1ccc(-c2nnn(CC(=O)N(CC(=O)NC3CCCCC3)Cc3cccs3)n2)cc1. The van der Waals surface area contributed by atoms with Crippen molar-refractivity contribution in [1.82, 2.24) is 30.4 Å². The molecule has 168 valence electrons. The predicted octanol–water partition coefficient (Wildman–Crippen LogP) is 3.19. The van der Waals surface area contributed by atoms with Gasteiger partial charge >= 0.3 is 0 Å². The van der Waals surface area contributed by atoms with E-state index in [1.54, 1.807) is 16.2 Å². The van der Waals surface area contributed by atoms with E-state index < -0.39 is 0 Å². The van der Waals surface area contributed by atoms with Crippen LogP contribution in [0.4, 0.5) is 0 Å². The van der Waals surface area contributed by atoms with Gasteiger partial charge in [0.25, 0.3) is 0 Å². The van der Waals surface area contributed by atoms with Gasteiger partial charge in [0.15, 0.2) is 0 Å². The van der Waals surface area contributed by atoms with E-state index in [4.69, 9.17) is 0 Å². The molecule has 0 saturated heterocycles. The number of amides is 2. The van der Waals surface area contributed by atoms with Crippen molar-refractivity contribution in [3.8, 4) is 11.4 Å². The first kappa shape index (κ1) is 22.1. The summed E-state index contributed by atoms with van der Waals surface area (Å²) in [5, 5.41) is 17.5. The molecule has 0 atom stereocenters. The number of aromatic nitrogens is 4. The largest absolute Gasteiger partial charge is 0.352 e. The van der Waals surface area contributed by atoms with E-state index in [0.717, 1.165) is 41.7 Å². The van der Waals surface area contributed by atoms with Crippen molar-refractivity contribution in [2.24, 2.45) is 0 Å². The summed E-state index contributed by atoms with van der Waals surface area (Å²) in [6, 6.07) is 11.9. The van der Waals surface area contributed by atoms with Crippen LogP contribution in [0.3, 0.4) is 0 Å². The van der Waals surface area contributed by atoms with Crippen LogP contribution in [0, 0.1) is 6.92 Å². The lowest BCUT2D eigenvalue weighted by Gasteiger charge is -2.26. The lowest BCUT2D eigenvalue weighted by Crippen LogP contribution is -2.45. The minimum Gasteiger partial charge on any atom is -0.352 e. The first-order chi connectivity index (χ1) is 15.6. The van der Waals surface area contributed by atoms with Crippen LogP contribution in [0.25, 0.3) is 11.4 Å². The van der Waals surface area contributed by atoms with Gasteiger partial charge in [0, 0.05) is 16.5 Å². The van der Waals surface area contributed by atoms with Crippen LogP contribution in [-0.2, 0) is 22.7 Å². The molecule has 0 radical (unpaired) electrons. The number of nitrogens with one attached hydrogen (secondary N) is 1. The fraction of sp³-hybridized carbons (Fsp3) is 0.435. The summed E-state index contributed by atoms with van der Waals surface area (Å²) in [4.78, 5) is 29.6. The van der Waals surface area contributed by atoms with Crippen LogP contribution in [0.1, 0.15) is 42.5 Å². The fourth-order valence-electron chi connectivity index (χ4n) is 3.87. The summed E-state index contributed by atoms with van der Waals surface area (Å²) in [5.41, 5.74) is 1.99. The molecule has 1 aliphatic rings. The van der Waals surface area contributed by atoms with Crippen molar-refractivity contribution < 1.29 is 9.59 Å². The minimum absolute atomic E-state index is 0.0206. The monoisotopic (exact) mass is 452 g/mol. The molecule has 3 aromatic rings. The number of hydrogen-bond acceptors (Lipinski definition) is 6. The molecule has 2 aromatic heterocycles. The van der Waals surface area contributed by atoms with Gasteiger partial charge < -0.3 is 10.2 Å². The lowest BCUT2D eigenvalue weighted by atomic mass is 9.95. The molecule has 1 aromatic carbocycles. The van der Waals surface area contributed by atoms with Gasteiger partial charge in [-0.25, -0.2) is 0 Å². The summed E-state index contributed by atoms with van der Waals surface area (Å²) in [7, 11) is 0. The molecule has 2 amide bonds. The van der Waals surface area contributed by atoms with Crippen LogP contribution >= 0.6 is 11.3 Å². The molecule has 9 heteroatoms. The highest BCUT2D eigenvalue weighted by molar-refractivity contribution is 7.09. The number of thiophene rings is 1. The topological polar surface area (TPSA) is 93.0 Å². The van der Waals surface area contributed by atoms with Gasteiger partial charge in [-0.05, 0) is 36.4 Å². The van der Waals surface area contributed by atoms with Crippen molar-refractivity contribution >= 4 is 23.2 Å². The molecule has 0 spiro atoms. The van der Waals surface area contributed by atoms with E-state index >= 15 is 0 Å². The highest BCUT2D eigenvalue weighted by atomic mass is 32.1. The Balaban J connectivity index is 1.41. The maximum atomic E-state index is 13.1. The highest BCUT2D eigenvalue weighted by Crippen LogP contribution is 2.18. The number of hydrogen-bond donors (Lipinski definition) is 1. The average Bonchev–Trinajstić information content (AvgIpc) is 3.47. The van der Waals surface area contributed by atoms with Crippen LogP contribution in [0.2, 0.25) is 0 Å². The number of rotatable bonds is 8. The van der Waals surface area contributed by atoms with Crippen molar-refractivity contribution in [2.75, 3.05) is 6.54 Å². The first-order valence-electron chi connectivity index (χ1n) is 11.0. The van der Waals surface area contributed by atoms with Crippen LogP contribution in [-0.4, -0.2) is 49.5 Å². The first-order valence-corrected chi connectivity index (χ1v) is 11.9. The van der Waals surface area contributed by atoms with Crippen molar-refractivity contribution in [1.29, 1.82) is 0 Å². The minimum atomic E-state index is -0.218. The van der Waals surface area contributed by atoms with Gasteiger partial charge in [-0.2, -0.15) is 4.80 Å². The second kappa shape index (κ2) is 10.5. The Labute approximate surface area is 191 Å². The zero-order valence-electron chi connectivity index (χ0n) is 18.2. The van der Waals surface area contributed by atoms with Crippen molar-refractivity contribution in [3.05, 3.63) is 52.2 Å². The Hall–Kier alpha value is -3.07. The van der Waals surface area contributed by atoms with E-state index in [-0.39, 0.29) is 30.9 Å². The van der Waals surface area contributed by atoms with Gasteiger partial charge in [0.1, 0.15) is 6.54 Å². The molecule has 1 saturated carbocycles. The molecule has 0 bridgehead atoms. The van der Waals surface area contributed by atoms with Crippen LogP contribution < -0.4 is 5.32 Å². The summed E-state index contributed by atoms with van der Waals surface area (Å²) in [6.45, 7) is 2.35. The Bertz CT molecular complexity index is 1030. The zero-order chi connectivity index (χ0) is 22.3. The van der Waals surface area contributed by atoms with E-state index in [0.29, 0.717) is 12.4 Å². The van der Waals surface area contributed by atoms with E-state index in [9.17, 15) is 9.59 Å². The molecule has 32 heavy (non-hydrogen) atoms. The number of benzene rings is 1. The second-order valence-electron chi connectivity index (χ2n) is 8.24. The molecular weight excluding hydrogens is 424 g/mol. The van der Waals surface area contributed by atoms with Gasteiger partial charge in [0.05, 0.1) is 13.1 Å². The molecule has 4 rings (SSSR count). The average molecular weight is 453 g/mol. The molecule has 1 fully saturated rings.